The Bertz CT molecular complexity index is 521. The van der Waals surface area contributed by atoms with Crippen LogP contribution in [0.3, 0.4) is 0 Å². The maximum absolute atomic E-state index is 3.24. The van der Waals surface area contributed by atoms with Crippen LogP contribution in [0.2, 0.25) is 0 Å². The zero-order chi connectivity index (χ0) is 11.1. The molecule has 1 aliphatic carbocycles. The lowest BCUT2D eigenvalue weighted by Gasteiger charge is -2.03. The molecule has 0 radical (unpaired) electrons. The fourth-order valence-corrected chi connectivity index (χ4v) is 2.56. The number of hydrogen-bond donors (Lipinski definition) is 1. The van der Waals surface area contributed by atoms with Crippen LogP contribution in [0.15, 0.2) is 24.3 Å². The smallest absolute Gasteiger partial charge is 0.0483 e. The molecule has 2 nitrogen and oxygen atoms in total. The maximum atomic E-state index is 3.24. The third kappa shape index (κ3) is 1.45. The van der Waals surface area contributed by atoms with E-state index in [1.54, 1.807) is 0 Å². The van der Waals surface area contributed by atoms with Gasteiger partial charge in [-0.05, 0) is 43.5 Å². The van der Waals surface area contributed by atoms with Gasteiger partial charge in [-0.3, -0.25) is 0 Å². The summed E-state index contributed by atoms with van der Waals surface area (Å²) in [4.78, 5) is 0. The second kappa shape index (κ2) is 3.63. The highest BCUT2D eigenvalue weighted by molar-refractivity contribution is 5.85. The molecule has 1 heterocycles. The molecule has 0 amide bonds. The number of rotatable bonds is 3. The fraction of sp³-hybridized carbons (Fsp3) is 0.429. The van der Waals surface area contributed by atoms with Crippen LogP contribution in [0.1, 0.15) is 30.0 Å². The van der Waals surface area contributed by atoms with Crippen molar-refractivity contribution in [2.45, 2.75) is 25.3 Å². The second-order valence-corrected chi connectivity index (χ2v) is 4.78. The molecule has 1 aliphatic rings. The van der Waals surface area contributed by atoms with Crippen LogP contribution in [0.25, 0.3) is 10.9 Å². The Morgan fingerprint density at radius 3 is 2.88 bits per heavy atom. The van der Waals surface area contributed by atoms with Crippen LogP contribution in [-0.2, 0) is 13.6 Å². The van der Waals surface area contributed by atoms with Crippen LogP contribution in [0.5, 0.6) is 0 Å². The van der Waals surface area contributed by atoms with E-state index in [0.717, 1.165) is 12.5 Å². The molecule has 2 heteroatoms. The summed E-state index contributed by atoms with van der Waals surface area (Å²) < 4.78 is 2.37. The molecule has 1 aromatic carbocycles. The summed E-state index contributed by atoms with van der Waals surface area (Å²) in [5.41, 5.74) is 4.29. The Morgan fingerprint density at radius 1 is 1.38 bits per heavy atom. The number of aryl methyl sites for hydroxylation is 1. The van der Waals surface area contributed by atoms with Gasteiger partial charge in [0, 0.05) is 30.2 Å². The molecular formula is C14H18N2. The molecular weight excluding hydrogens is 196 g/mol. The summed E-state index contributed by atoms with van der Waals surface area (Å²) in [5, 5.41) is 4.66. The summed E-state index contributed by atoms with van der Waals surface area (Å²) in [5.74, 6) is 0.819. The Kier molecular flexibility index (Phi) is 2.25. The van der Waals surface area contributed by atoms with Gasteiger partial charge >= 0.3 is 0 Å². The maximum Gasteiger partial charge on any atom is 0.0483 e. The minimum Gasteiger partial charge on any atom is -0.347 e. The fourth-order valence-electron chi connectivity index (χ4n) is 2.56. The zero-order valence-corrected chi connectivity index (χ0v) is 9.96. The predicted octanol–water partition coefficient (Wildman–Crippen LogP) is 2.78. The lowest BCUT2D eigenvalue weighted by atomic mass is 10.1. The average Bonchev–Trinajstić information content (AvgIpc) is 3.06. The first kappa shape index (κ1) is 9.91. The van der Waals surface area contributed by atoms with Crippen LogP contribution in [-0.4, -0.2) is 11.6 Å². The third-order valence-corrected chi connectivity index (χ3v) is 3.58. The molecule has 1 fully saturated rings. The van der Waals surface area contributed by atoms with Crippen molar-refractivity contribution in [3.8, 4) is 0 Å². The van der Waals surface area contributed by atoms with Crippen molar-refractivity contribution in [1.82, 2.24) is 9.88 Å². The van der Waals surface area contributed by atoms with E-state index in [9.17, 15) is 0 Å². The van der Waals surface area contributed by atoms with Crippen LogP contribution in [0, 0.1) is 0 Å². The highest BCUT2D eigenvalue weighted by atomic mass is 15.0. The summed E-state index contributed by atoms with van der Waals surface area (Å²) in [6.45, 7) is 0.950. The van der Waals surface area contributed by atoms with Crippen molar-refractivity contribution in [3.05, 3.63) is 35.5 Å². The van der Waals surface area contributed by atoms with E-state index in [0.29, 0.717) is 0 Å². The lowest BCUT2D eigenvalue weighted by Crippen LogP contribution is -2.05. The van der Waals surface area contributed by atoms with Crippen molar-refractivity contribution in [3.63, 3.8) is 0 Å². The van der Waals surface area contributed by atoms with E-state index in [4.69, 9.17) is 0 Å². The van der Waals surface area contributed by atoms with Gasteiger partial charge in [0.05, 0.1) is 0 Å². The molecule has 0 atom stereocenters. The lowest BCUT2D eigenvalue weighted by molar-refractivity contribution is 0.823. The molecule has 2 aromatic rings. The second-order valence-electron chi connectivity index (χ2n) is 4.78. The molecule has 0 unspecified atom stereocenters. The van der Waals surface area contributed by atoms with Gasteiger partial charge in [-0.1, -0.05) is 12.1 Å². The molecule has 84 valence electrons. The van der Waals surface area contributed by atoms with Gasteiger partial charge in [-0.25, -0.2) is 0 Å². The molecule has 0 spiro atoms. The van der Waals surface area contributed by atoms with E-state index < -0.39 is 0 Å². The summed E-state index contributed by atoms with van der Waals surface area (Å²) in [6, 6.07) is 8.99. The van der Waals surface area contributed by atoms with Crippen molar-refractivity contribution in [2.24, 2.45) is 7.05 Å². The van der Waals surface area contributed by atoms with Crippen molar-refractivity contribution in [1.29, 1.82) is 0 Å². The Balaban J connectivity index is 2.19. The van der Waals surface area contributed by atoms with Crippen LogP contribution < -0.4 is 5.32 Å². The first-order chi connectivity index (χ1) is 7.81. The number of nitrogens with zero attached hydrogens (tertiary/aromatic N) is 1. The summed E-state index contributed by atoms with van der Waals surface area (Å²) in [6.07, 6.45) is 2.73. The third-order valence-electron chi connectivity index (χ3n) is 3.58. The average molecular weight is 214 g/mol. The van der Waals surface area contributed by atoms with E-state index in [1.807, 2.05) is 7.05 Å². The number of hydrogen-bond acceptors (Lipinski definition) is 1. The van der Waals surface area contributed by atoms with Crippen LogP contribution in [0.4, 0.5) is 0 Å². The SMILES string of the molecule is CNCc1cccc2c1cc(C1CC1)n2C. The number of fused-ring (bicyclic) bond motifs is 1. The number of nitrogens with one attached hydrogen (secondary N) is 1. The van der Waals surface area contributed by atoms with E-state index in [2.05, 4.69) is 41.2 Å². The summed E-state index contributed by atoms with van der Waals surface area (Å²) in [7, 11) is 4.20. The van der Waals surface area contributed by atoms with Gasteiger partial charge in [0.25, 0.3) is 0 Å². The van der Waals surface area contributed by atoms with Gasteiger partial charge in [0.1, 0.15) is 0 Å². The molecule has 3 rings (SSSR count). The van der Waals surface area contributed by atoms with Gasteiger partial charge in [0.2, 0.25) is 0 Å². The highest BCUT2D eigenvalue weighted by Crippen LogP contribution is 2.42. The van der Waals surface area contributed by atoms with Crippen molar-refractivity contribution in [2.75, 3.05) is 7.05 Å². The number of aromatic nitrogens is 1. The molecule has 0 bridgehead atoms. The van der Waals surface area contributed by atoms with Gasteiger partial charge in [-0.15, -0.1) is 0 Å². The molecule has 0 aliphatic heterocycles. The molecule has 1 N–H and O–H groups in total. The topological polar surface area (TPSA) is 17.0 Å². The van der Waals surface area contributed by atoms with Crippen LogP contribution >= 0.6 is 0 Å². The molecule has 0 saturated heterocycles. The first-order valence-electron chi connectivity index (χ1n) is 6.03. The standard InChI is InChI=1S/C14H18N2/c1-15-9-11-4-3-5-13-12(11)8-14(16(13)2)10-6-7-10/h3-5,8,10,15H,6-7,9H2,1-2H3. The van der Waals surface area contributed by atoms with Gasteiger partial charge in [0.15, 0.2) is 0 Å². The van der Waals surface area contributed by atoms with E-state index in [1.165, 1.54) is 35.0 Å². The molecule has 1 aromatic heterocycles. The Labute approximate surface area is 96.3 Å². The van der Waals surface area contributed by atoms with Gasteiger partial charge < -0.3 is 9.88 Å². The van der Waals surface area contributed by atoms with E-state index >= 15 is 0 Å². The minimum atomic E-state index is 0.819. The normalized spacial score (nSPS) is 15.9. The van der Waals surface area contributed by atoms with Crippen molar-refractivity contribution < 1.29 is 0 Å². The minimum absolute atomic E-state index is 0.819. The number of benzene rings is 1. The Hall–Kier alpha value is -1.28. The highest BCUT2D eigenvalue weighted by Gasteiger charge is 2.27. The monoisotopic (exact) mass is 214 g/mol. The van der Waals surface area contributed by atoms with Gasteiger partial charge in [-0.2, -0.15) is 0 Å². The van der Waals surface area contributed by atoms with Crippen molar-refractivity contribution >= 4 is 10.9 Å². The largest absolute Gasteiger partial charge is 0.347 e. The first-order valence-corrected chi connectivity index (χ1v) is 6.03. The van der Waals surface area contributed by atoms with E-state index in [-0.39, 0.29) is 0 Å². The molecule has 16 heavy (non-hydrogen) atoms. The zero-order valence-electron chi connectivity index (χ0n) is 9.96. The summed E-state index contributed by atoms with van der Waals surface area (Å²) >= 11 is 0. The Morgan fingerprint density at radius 2 is 2.19 bits per heavy atom. The predicted molar refractivity (Wildman–Crippen MR) is 67.7 cm³/mol. The quantitative estimate of drug-likeness (QED) is 0.831. The molecule has 1 saturated carbocycles.